The molecule has 0 aromatic heterocycles. The zero-order valence-electron chi connectivity index (χ0n) is 14.2. The van der Waals surface area contributed by atoms with Crippen LogP contribution in [0, 0.1) is 14.3 Å². The Morgan fingerprint density at radius 3 is 1.55 bits per heavy atom. The third-order valence-corrected chi connectivity index (χ3v) is 13.8. The molecule has 0 aliphatic carbocycles. The van der Waals surface area contributed by atoms with Gasteiger partial charge in [0, 0.05) is 19.8 Å². The van der Waals surface area contributed by atoms with E-state index in [0.717, 1.165) is 10.7 Å². The van der Waals surface area contributed by atoms with Gasteiger partial charge in [0.15, 0.2) is 5.60 Å². The molecule has 29 heavy (non-hydrogen) atoms. The zero-order valence-corrected chi connectivity index (χ0v) is 23.6. The highest BCUT2D eigenvalue weighted by atomic mass is 127. The molecule has 0 unspecified atom stereocenters. The maximum atomic E-state index is 13.3. The molecule has 0 amide bonds. The Bertz CT molecular complexity index is 1190. The van der Waals surface area contributed by atoms with Crippen molar-refractivity contribution in [2.45, 2.75) is 10.5 Å². The van der Waals surface area contributed by atoms with Crippen molar-refractivity contribution in [1.82, 2.24) is 0 Å². The minimum Gasteiger partial charge on any atom is -0.508 e. The summed E-state index contributed by atoms with van der Waals surface area (Å²) in [6, 6.07) is 12.6. The van der Waals surface area contributed by atoms with E-state index in [-0.39, 0.29) is 16.4 Å². The van der Waals surface area contributed by atoms with Gasteiger partial charge in [0.1, 0.15) is 16.4 Å². The fourth-order valence-electron chi connectivity index (χ4n) is 3.35. The average Bonchev–Trinajstić information content (AvgIpc) is 2.94. The smallest absolute Gasteiger partial charge is 0.300 e. The summed E-state index contributed by atoms with van der Waals surface area (Å²) < 4.78 is 35.6. The zero-order chi connectivity index (χ0) is 21.1. The van der Waals surface area contributed by atoms with Crippen LogP contribution in [0.4, 0.5) is 0 Å². The molecule has 0 bridgehead atoms. The van der Waals surface area contributed by atoms with Crippen molar-refractivity contribution in [3.8, 4) is 11.5 Å². The lowest BCUT2D eigenvalue weighted by Crippen LogP contribution is -2.30. The highest BCUT2D eigenvalue weighted by molar-refractivity contribution is 14.1. The number of fused-ring (bicyclic) bond motifs is 1. The summed E-state index contributed by atoms with van der Waals surface area (Å²) in [5.74, 6) is 0.134. The van der Waals surface area contributed by atoms with Crippen molar-refractivity contribution in [1.29, 1.82) is 0 Å². The van der Waals surface area contributed by atoms with Gasteiger partial charge in [-0.3, -0.25) is 0 Å². The number of halogens is 4. The first-order valence-electron chi connectivity index (χ1n) is 8.00. The first kappa shape index (κ1) is 22.3. The molecular weight excluding hydrogens is 848 g/mol. The number of hydrogen-bond acceptors (Lipinski definition) is 5. The van der Waals surface area contributed by atoms with E-state index in [9.17, 15) is 18.6 Å². The average molecular weight is 858 g/mol. The Labute approximate surface area is 221 Å². The lowest BCUT2D eigenvalue weighted by atomic mass is 9.80. The van der Waals surface area contributed by atoms with Crippen molar-refractivity contribution in [2.24, 2.45) is 0 Å². The normalized spacial score (nSPS) is 16.6. The van der Waals surface area contributed by atoms with Crippen LogP contribution in [-0.2, 0) is 19.9 Å². The maximum absolute atomic E-state index is 13.3. The van der Waals surface area contributed by atoms with Crippen LogP contribution >= 0.6 is 90.4 Å². The standard InChI is InChI=1S/C19H10I4O5S/c20-14-13-18(17(23)16(22)15(14)21)29(26,27)28-19(13,9-1-5-11(24)6-2-9)10-3-7-12(25)8-4-10/h1-8,24-25H. The van der Waals surface area contributed by atoms with Crippen LogP contribution in [0.25, 0.3) is 0 Å². The number of hydrogen-bond donors (Lipinski definition) is 2. The predicted molar refractivity (Wildman–Crippen MR) is 142 cm³/mol. The molecule has 2 N–H and O–H groups in total. The van der Waals surface area contributed by atoms with Crippen LogP contribution in [-0.4, -0.2) is 18.6 Å². The second-order valence-corrected chi connectivity index (χ2v) is 12.1. The van der Waals surface area contributed by atoms with E-state index in [1.165, 1.54) is 24.3 Å². The lowest BCUT2D eigenvalue weighted by molar-refractivity contribution is 0.179. The molecule has 1 heterocycles. The maximum Gasteiger partial charge on any atom is 0.300 e. The second-order valence-electron chi connectivity index (χ2n) is 6.27. The minimum absolute atomic E-state index is 0.0668. The van der Waals surface area contributed by atoms with Crippen molar-refractivity contribution in [3.05, 3.63) is 79.5 Å². The molecule has 150 valence electrons. The van der Waals surface area contributed by atoms with Gasteiger partial charge in [-0.1, -0.05) is 24.3 Å². The van der Waals surface area contributed by atoms with Crippen LogP contribution in [0.15, 0.2) is 53.4 Å². The van der Waals surface area contributed by atoms with Gasteiger partial charge in [0.25, 0.3) is 10.1 Å². The summed E-state index contributed by atoms with van der Waals surface area (Å²) in [4.78, 5) is 0.161. The summed E-state index contributed by atoms with van der Waals surface area (Å²) in [5, 5.41) is 19.5. The topological polar surface area (TPSA) is 83.8 Å². The van der Waals surface area contributed by atoms with Gasteiger partial charge in [0.05, 0.1) is 0 Å². The molecule has 1 aliphatic heterocycles. The molecule has 1 aliphatic rings. The van der Waals surface area contributed by atoms with Crippen molar-refractivity contribution in [2.75, 3.05) is 0 Å². The molecule has 3 aromatic carbocycles. The number of phenolic OH excluding ortho intramolecular Hbond substituents is 2. The number of aromatic hydroxyl groups is 2. The number of rotatable bonds is 2. The first-order chi connectivity index (χ1) is 13.6. The lowest BCUT2D eigenvalue weighted by Gasteiger charge is -2.30. The van der Waals surface area contributed by atoms with E-state index in [2.05, 4.69) is 67.8 Å². The Morgan fingerprint density at radius 2 is 1.10 bits per heavy atom. The summed E-state index contributed by atoms with van der Waals surface area (Å²) >= 11 is 8.58. The van der Waals surface area contributed by atoms with Crippen molar-refractivity contribution in [3.63, 3.8) is 0 Å². The molecule has 4 rings (SSSR count). The van der Waals surface area contributed by atoms with Crippen LogP contribution in [0.3, 0.4) is 0 Å². The van der Waals surface area contributed by atoms with Crippen LogP contribution < -0.4 is 0 Å². The van der Waals surface area contributed by atoms with Gasteiger partial charge >= 0.3 is 0 Å². The second kappa shape index (κ2) is 7.90. The molecule has 3 aromatic rings. The van der Waals surface area contributed by atoms with Gasteiger partial charge in [-0.25, -0.2) is 4.18 Å². The fraction of sp³-hybridized carbons (Fsp3) is 0.0526. The van der Waals surface area contributed by atoms with E-state index < -0.39 is 15.7 Å². The van der Waals surface area contributed by atoms with Gasteiger partial charge in [-0.05, 0) is 126 Å². The molecular formula is C19H10I4O5S. The Kier molecular flexibility index (Phi) is 6.07. The monoisotopic (exact) mass is 858 g/mol. The molecule has 0 radical (unpaired) electrons. The van der Waals surface area contributed by atoms with Crippen LogP contribution in [0.1, 0.15) is 16.7 Å². The highest BCUT2D eigenvalue weighted by Gasteiger charge is 2.54. The van der Waals surface area contributed by atoms with E-state index in [0.29, 0.717) is 20.3 Å². The largest absolute Gasteiger partial charge is 0.508 e. The quantitative estimate of drug-likeness (QED) is 0.154. The highest BCUT2D eigenvalue weighted by Crippen LogP contribution is 2.54. The Balaban J connectivity index is 2.21. The molecule has 10 heteroatoms. The SMILES string of the molecule is O=S1(=O)OC(c2ccc(O)cc2)(c2ccc(O)cc2)c2c(I)c(I)c(I)c(I)c21. The first-order valence-corrected chi connectivity index (χ1v) is 13.7. The molecule has 0 atom stereocenters. The minimum atomic E-state index is -4.07. The van der Waals surface area contributed by atoms with E-state index in [4.69, 9.17) is 4.18 Å². The molecule has 0 saturated carbocycles. The molecule has 0 saturated heterocycles. The fourth-order valence-corrected chi connectivity index (χ4v) is 9.60. The van der Waals surface area contributed by atoms with Gasteiger partial charge in [-0.15, -0.1) is 0 Å². The van der Waals surface area contributed by atoms with Gasteiger partial charge < -0.3 is 10.2 Å². The predicted octanol–water partition coefficient (Wildman–Crippen LogP) is 5.53. The van der Waals surface area contributed by atoms with Gasteiger partial charge in [0.2, 0.25) is 0 Å². The number of phenols is 2. The molecule has 0 fully saturated rings. The van der Waals surface area contributed by atoms with Crippen LogP contribution in [0.2, 0.25) is 0 Å². The third-order valence-electron chi connectivity index (χ3n) is 4.61. The molecule has 5 nitrogen and oxygen atoms in total. The van der Waals surface area contributed by atoms with Crippen molar-refractivity contribution >= 4 is 100 Å². The van der Waals surface area contributed by atoms with Crippen molar-refractivity contribution < 1.29 is 22.8 Å². The summed E-state index contributed by atoms with van der Waals surface area (Å²) in [7, 11) is -4.07. The summed E-state index contributed by atoms with van der Waals surface area (Å²) in [5.41, 5.74) is 0.239. The van der Waals surface area contributed by atoms with Crippen LogP contribution in [0.5, 0.6) is 11.5 Å². The van der Waals surface area contributed by atoms with E-state index in [1.807, 2.05) is 22.6 Å². The Hall–Kier alpha value is 0.0900. The summed E-state index contributed by atoms with van der Waals surface area (Å²) in [6.07, 6.45) is 0. The van der Waals surface area contributed by atoms with Gasteiger partial charge in [-0.2, -0.15) is 8.42 Å². The third kappa shape index (κ3) is 3.48. The van der Waals surface area contributed by atoms with E-state index >= 15 is 0 Å². The Morgan fingerprint density at radius 1 is 0.690 bits per heavy atom. The molecule has 0 spiro atoms. The number of benzene rings is 3. The summed E-state index contributed by atoms with van der Waals surface area (Å²) in [6.45, 7) is 0. The van der Waals surface area contributed by atoms with E-state index in [1.54, 1.807) is 24.3 Å².